The van der Waals surface area contributed by atoms with Gasteiger partial charge in [-0.25, -0.2) is 9.37 Å². The molecule has 25 heavy (non-hydrogen) atoms. The Labute approximate surface area is 145 Å². The largest absolute Gasteiger partial charge is 0.469 e. The average molecular weight is 347 g/mol. The van der Waals surface area contributed by atoms with Gasteiger partial charge in [0.2, 0.25) is 0 Å². The van der Waals surface area contributed by atoms with Crippen molar-refractivity contribution in [2.75, 3.05) is 7.11 Å². The molecule has 1 aromatic carbocycles. The molecular weight excluding hydrogens is 325 g/mol. The number of halogens is 1. The number of nitrogens with zero attached hydrogens (tertiary/aromatic N) is 3. The minimum Gasteiger partial charge on any atom is -0.469 e. The molecule has 3 atom stereocenters. The lowest BCUT2D eigenvalue weighted by molar-refractivity contribution is -0.173. The number of carbonyl (C=O) groups is 1. The van der Waals surface area contributed by atoms with Crippen molar-refractivity contribution in [3.8, 4) is 0 Å². The van der Waals surface area contributed by atoms with Gasteiger partial charge in [-0.1, -0.05) is 12.1 Å². The zero-order chi connectivity index (χ0) is 18.1. The first-order chi connectivity index (χ1) is 11.9. The number of aliphatic hydroxyl groups is 1. The maximum absolute atomic E-state index is 13.1. The molecule has 0 unspecified atom stereocenters. The summed E-state index contributed by atoms with van der Waals surface area (Å²) in [5, 5.41) is 15.7. The van der Waals surface area contributed by atoms with Gasteiger partial charge in [0.1, 0.15) is 24.1 Å². The van der Waals surface area contributed by atoms with E-state index in [2.05, 4.69) is 10.1 Å². The summed E-state index contributed by atoms with van der Waals surface area (Å²) >= 11 is 0. The first-order valence-electron chi connectivity index (χ1n) is 8.27. The van der Waals surface area contributed by atoms with E-state index in [9.17, 15) is 14.3 Å². The summed E-state index contributed by atoms with van der Waals surface area (Å²) in [5.41, 5.74) is -1.47. The van der Waals surface area contributed by atoms with Crippen LogP contribution in [-0.4, -0.2) is 38.6 Å². The third kappa shape index (κ3) is 3.04. The highest BCUT2D eigenvalue weighted by atomic mass is 19.1. The summed E-state index contributed by atoms with van der Waals surface area (Å²) in [6, 6.07) is 6.22. The second-order valence-corrected chi connectivity index (χ2v) is 6.91. The van der Waals surface area contributed by atoms with Crippen molar-refractivity contribution < 1.29 is 19.0 Å². The molecule has 1 aromatic heterocycles. The molecule has 0 amide bonds. The van der Waals surface area contributed by atoms with Crippen LogP contribution < -0.4 is 0 Å². The molecule has 6 nitrogen and oxygen atoms in total. The summed E-state index contributed by atoms with van der Waals surface area (Å²) in [6.07, 6.45) is 4.62. The highest BCUT2D eigenvalue weighted by Crippen LogP contribution is 2.52. The standard InChI is InChI=1S/C18H22FN3O3/c1-17(16(23)25-2)8-7-14(9-13-3-5-15(19)6-4-13)18(17,24)10-22-12-20-11-21-22/h3-6,11-12,14,24H,7-10H2,1-2H3/t14-,17-,18+/m1/s1. The SMILES string of the molecule is COC(=O)[C@@]1(C)CC[C@H](Cc2ccc(F)cc2)[C@@]1(O)Cn1cncn1. The molecule has 2 aromatic rings. The van der Waals surface area contributed by atoms with E-state index in [1.165, 1.54) is 36.6 Å². The van der Waals surface area contributed by atoms with Crippen LogP contribution in [0.5, 0.6) is 0 Å². The average Bonchev–Trinajstić information content (AvgIpc) is 3.19. The van der Waals surface area contributed by atoms with Gasteiger partial charge in [-0.05, 0) is 49.8 Å². The van der Waals surface area contributed by atoms with Crippen LogP contribution in [0.3, 0.4) is 0 Å². The maximum atomic E-state index is 13.1. The molecule has 7 heteroatoms. The lowest BCUT2D eigenvalue weighted by atomic mass is 9.71. The van der Waals surface area contributed by atoms with E-state index in [1.54, 1.807) is 19.1 Å². The molecule has 0 bridgehead atoms. The number of hydrogen-bond acceptors (Lipinski definition) is 5. The van der Waals surface area contributed by atoms with Gasteiger partial charge in [0, 0.05) is 0 Å². The monoisotopic (exact) mass is 347 g/mol. The van der Waals surface area contributed by atoms with Gasteiger partial charge in [0.25, 0.3) is 0 Å². The van der Waals surface area contributed by atoms with E-state index in [1.807, 2.05) is 0 Å². The Balaban J connectivity index is 1.93. The first kappa shape index (κ1) is 17.5. The second kappa shape index (κ2) is 6.55. The van der Waals surface area contributed by atoms with E-state index in [0.717, 1.165) is 5.56 Å². The molecule has 1 aliphatic carbocycles. The summed E-state index contributed by atoms with van der Waals surface area (Å²) in [6.45, 7) is 1.88. The van der Waals surface area contributed by atoms with Gasteiger partial charge in [0.15, 0.2) is 0 Å². The van der Waals surface area contributed by atoms with Crippen LogP contribution in [0.15, 0.2) is 36.9 Å². The highest BCUT2D eigenvalue weighted by molar-refractivity contribution is 5.78. The number of benzene rings is 1. The van der Waals surface area contributed by atoms with E-state index < -0.39 is 17.0 Å². The fourth-order valence-electron chi connectivity index (χ4n) is 3.91. The van der Waals surface area contributed by atoms with Crippen molar-refractivity contribution in [3.05, 3.63) is 48.3 Å². The van der Waals surface area contributed by atoms with Crippen LogP contribution >= 0.6 is 0 Å². The lowest BCUT2D eigenvalue weighted by Gasteiger charge is -2.40. The Hall–Kier alpha value is -2.28. The summed E-state index contributed by atoms with van der Waals surface area (Å²) < 4.78 is 19.7. The molecule has 3 rings (SSSR count). The number of ether oxygens (including phenoxy) is 1. The van der Waals surface area contributed by atoms with Crippen molar-refractivity contribution >= 4 is 5.97 Å². The molecule has 134 valence electrons. The van der Waals surface area contributed by atoms with Crippen LogP contribution in [-0.2, 0) is 22.5 Å². The molecule has 1 aliphatic rings. The van der Waals surface area contributed by atoms with Crippen molar-refractivity contribution in [1.82, 2.24) is 14.8 Å². The number of esters is 1. The number of hydrogen-bond donors (Lipinski definition) is 1. The third-order valence-electron chi connectivity index (χ3n) is 5.52. The zero-order valence-electron chi connectivity index (χ0n) is 14.4. The van der Waals surface area contributed by atoms with Crippen LogP contribution in [0.4, 0.5) is 4.39 Å². The van der Waals surface area contributed by atoms with E-state index in [0.29, 0.717) is 19.3 Å². The van der Waals surface area contributed by atoms with Gasteiger partial charge < -0.3 is 9.84 Å². The quantitative estimate of drug-likeness (QED) is 0.837. The fourth-order valence-corrected chi connectivity index (χ4v) is 3.91. The van der Waals surface area contributed by atoms with Gasteiger partial charge in [0.05, 0.1) is 19.1 Å². The molecule has 0 saturated heterocycles. The van der Waals surface area contributed by atoms with Crippen LogP contribution in [0, 0.1) is 17.2 Å². The van der Waals surface area contributed by atoms with Crippen molar-refractivity contribution in [1.29, 1.82) is 0 Å². The van der Waals surface area contributed by atoms with Crippen LogP contribution in [0.2, 0.25) is 0 Å². The molecule has 0 spiro atoms. The predicted molar refractivity (Wildman–Crippen MR) is 87.9 cm³/mol. The van der Waals surface area contributed by atoms with Gasteiger partial charge >= 0.3 is 5.97 Å². The van der Waals surface area contributed by atoms with Gasteiger partial charge in [-0.2, -0.15) is 5.10 Å². The smallest absolute Gasteiger partial charge is 0.314 e. The Kier molecular flexibility index (Phi) is 4.60. The molecule has 1 saturated carbocycles. The number of aromatic nitrogens is 3. The van der Waals surface area contributed by atoms with Gasteiger partial charge in [-0.3, -0.25) is 9.48 Å². The summed E-state index contributed by atoms with van der Waals surface area (Å²) in [5.74, 6) is -0.921. The van der Waals surface area contributed by atoms with Crippen LogP contribution in [0.25, 0.3) is 0 Å². The number of carbonyl (C=O) groups excluding carboxylic acids is 1. The van der Waals surface area contributed by atoms with E-state index >= 15 is 0 Å². The molecule has 1 fully saturated rings. The first-order valence-corrected chi connectivity index (χ1v) is 8.27. The molecular formula is C18H22FN3O3. The highest BCUT2D eigenvalue weighted by Gasteiger charge is 2.61. The zero-order valence-corrected chi connectivity index (χ0v) is 14.4. The number of rotatable bonds is 5. The summed E-state index contributed by atoms with van der Waals surface area (Å²) in [7, 11) is 1.33. The third-order valence-corrected chi connectivity index (χ3v) is 5.52. The lowest BCUT2D eigenvalue weighted by Crippen LogP contribution is -2.54. The molecule has 1 N–H and O–H groups in total. The van der Waals surface area contributed by atoms with Crippen LogP contribution in [0.1, 0.15) is 25.3 Å². The Morgan fingerprint density at radius 2 is 2.16 bits per heavy atom. The molecule has 0 aliphatic heterocycles. The minimum atomic E-state index is -1.35. The Bertz CT molecular complexity index is 735. The van der Waals surface area contributed by atoms with Gasteiger partial charge in [-0.15, -0.1) is 0 Å². The van der Waals surface area contributed by atoms with E-state index in [-0.39, 0.29) is 18.3 Å². The fraction of sp³-hybridized carbons (Fsp3) is 0.500. The maximum Gasteiger partial charge on any atom is 0.314 e. The van der Waals surface area contributed by atoms with Crippen molar-refractivity contribution in [2.45, 2.75) is 38.3 Å². The van der Waals surface area contributed by atoms with Crippen molar-refractivity contribution in [3.63, 3.8) is 0 Å². The Morgan fingerprint density at radius 1 is 1.44 bits per heavy atom. The predicted octanol–water partition coefficient (Wildman–Crippen LogP) is 1.98. The molecule has 1 heterocycles. The summed E-state index contributed by atoms with van der Waals surface area (Å²) in [4.78, 5) is 16.4. The Morgan fingerprint density at radius 3 is 2.76 bits per heavy atom. The normalized spacial score (nSPS) is 28.9. The van der Waals surface area contributed by atoms with E-state index in [4.69, 9.17) is 4.74 Å². The molecule has 0 radical (unpaired) electrons. The second-order valence-electron chi connectivity index (χ2n) is 6.91. The van der Waals surface area contributed by atoms with Crippen molar-refractivity contribution in [2.24, 2.45) is 11.3 Å². The number of methoxy groups -OCH3 is 1. The topological polar surface area (TPSA) is 77.2 Å². The minimum absolute atomic E-state index is 0.143.